The topological polar surface area (TPSA) is 108 Å². The van der Waals surface area contributed by atoms with Crippen LogP contribution < -0.4 is 15.4 Å². The van der Waals surface area contributed by atoms with E-state index in [-0.39, 0.29) is 12.5 Å². The number of fused-ring (bicyclic) bond motifs is 4. The number of methoxy groups -OCH3 is 1. The average Bonchev–Trinajstić information content (AvgIpc) is 3.35. The van der Waals surface area contributed by atoms with E-state index in [2.05, 4.69) is 10.6 Å². The fourth-order valence-electron chi connectivity index (χ4n) is 5.32. The van der Waals surface area contributed by atoms with Gasteiger partial charge in [0.25, 0.3) is 0 Å². The van der Waals surface area contributed by atoms with Crippen molar-refractivity contribution < 1.29 is 24.2 Å². The van der Waals surface area contributed by atoms with Gasteiger partial charge in [-0.15, -0.1) is 0 Å². The highest BCUT2D eigenvalue weighted by atomic mass is 16.5. The number of imide groups is 1. The summed E-state index contributed by atoms with van der Waals surface area (Å²) in [5, 5.41) is 16.5. The highest BCUT2D eigenvalue weighted by molar-refractivity contribution is 6.15. The van der Waals surface area contributed by atoms with Crippen LogP contribution in [0.3, 0.4) is 0 Å². The third-order valence-corrected chi connectivity index (χ3v) is 6.69. The molecule has 8 heteroatoms. The minimum atomic E-state index is -1.40. The van der Waals surface area contributed by atoms with Crippen LogP contribution in [-0.2, 0) is 26.5 Å². The summed E-state index contributed by atoms with van der Waals surface area (Å²) in [7, 11) is 1.53. The Bertz CT molecular complexity index is 1100. The molecule has 0 aliphatic carbocycles. The van der Waals surface area contributed by atoms with Crippen molar-refractivity contribution in [1.82, 2.24) is 10.2 Å². The number of hydrogen-bond acceptors (Lipinski definition) is 6. The van der Waals surface area contributed by atoms with Crippen LogP contribution in [-0.4, -0.2) is 47.0 Å². The molecule has 0 aromatic heterocycles. The first-order valence-corrected chi connectivity index (χ1v) is 10.2. The van der Waals surface area contributed by atoms with Crippen LogP contribution in [0.5, 0.6) is 5.75 Å². The maximum Gasteiger partial charge on any atom is 0.250 e. The zero-order valence-corrected chi connectivity index (χ0v) is 17.2. The number of nitrogens with one attached hydrogen (secondary N) is 2. The Morgan fingerprint density at radius 1 is 1.10 bits per heavy atom. The molecule has 5 rings (SSSR count). The van der Waals surface area contributed by atoms with Crippen LogP contribution in [0.1, 0.15) is 18.1 Å². The van der Waals surface area contributed by atoms with E-state index >= 15 is 0 Å². The monoisotopic (exact) mass is 421 g/mol. The molecule has 3 heterocycles. The second-order valence-corrected chi connectivity index (χ2v) is 8.30. The predicted molar refractivity (Wildman–Crippen MR) is 111 cm³/mol. The van der Waals surface area contributed by atoms with Crippen molar-refractivity contribution in [2.45, 2.75) is 31.2 Å². The number of likely N-dealkylation sites (tertiary alicyclic amines) is 1. The van der Waals surface area contributed by atoms with Gasteiger partial charge in [-0.2, -0.15) is 0 Å². The van der Waals surface area contributed by atoms with Crippen LogP contribution in [0.25, 0.3) is 0 Å². The second kappa shape index (κ2) is 6.90. The highest BCUT2D eigenvalue weighted by Gasteiger charge is 2.71. The summed E-state index contributed by atoms with van der Waals surface area (Å²) in [4.78, 5) is 41.5. The van der Waals surface area contributed by atoms with Gasteiger partial charge in [0.15, 0.2) is 0 Å². The van der Waals surface area contributed by atoms with Crippen molar-refractivity contribution in [2.24, 2.45) is 11.8 Å². The number of hydrogen-bond donors (Lipinski definition) is 3. The number of nitrogens with zero attached hydrogens (tertiary/aromatic N) is 1. The summed E-state index contributed by atoms with van der Waals surface area (Å²) in [5.41, 5.74) is 0.524. The van der Waals surface area contributed by atoms with Gasteiger partial charge in [-0.25, -0.2) is 0 Å². The predicted octanol–water partition coefficient (Wildman–Crippen LogP) is 0.997. The molecule has 2 aromatic rings. The van der Waals surface area contributed by atoms with Gasteiger partial charge < -0.3 is 15.2 Å². The molecule has 2 aromatic carbocycles. The molecular formula is C23H23N3O5. The molecule has 3 aliphatic heterocycles. The summed E-state index contributed by atoms with van der Waals surface area (Å²) in [6.07, 6.45) is -0.935. The van der Waals surface area contributed by atoms with Crippen LogP contribution in [0.2, 0.25) is 0 Å². The Balaban J connectivity index is 1.60. The van der Waals surface area contributed by atoms with Gasteiger partial charge in [0.05, 0.1) is 31.6 Å². The van der Waals surface area contributed by atoms with Crippen molar-refractivity contribution >= 4 is 23.4 Å². The Morgan fingerprint density at radius 2 is 1.81 bits per heavy atom. The van der Waals surface area contributed by atoms with E-state index in [9.17, 15) is 19.5 Å². The lowest BCUT2D eigenvalue weighted by Gasteiger charge is -2.30. The van der Waals surface area contributed by atoms with E-state index in [4.69, 9.17) is 4.74 Å². The maximum absolute atomic E-state index is 13.6. The summed E-state index contributed by atoms with van der Waals surface area (Å²) in [6.45, 7) is 1.60. The number of ether oxygens (including phenoxy) is 1. The molecule has 1 spiro atoms. The molecule has 5 atom stereocenters. The van der Waals surface area contributed by atoms with E-state index in [1.807, 2.05) is 12.1 Å². The van der Waals surface area contributed by atoms with Crippen LogP contribution in [0.4, 0.5) is 5.69 Å². The normalized spacial score (nSPS) is 29.8. The number of aliphatic hydroxyl groups is 1. The number of anilines is 1. The van der Waals surface area contributed by atoms with E-state index < -0.39 is 41.3 Å². The van der Waals surface area contributed by atoms with Gasteiger partial charge in [0, 0.05) is 22.9 Å². The van der Waals surface area contributed by atoms with Gasteiger partial charge >= 0.3 is 0 Å². The molecule has 0 bridgehead atoms. The third kappa shape index (κ3) is 2.58. The molecule has 31 heavy (non-hydrogen) atoms. The Labute approximate surface area is 179 Å². The molecule has 2 fully saturated rings. The van der Waals surface area contributed by atoms with Crippen molar-refractivity contribution in [2.75, 3.05) is 12.4 Å². The minimum absolute atomic E-state index is 0.0422. The van der Waals surface area contributed by atoms with Gasteiger partial charge in [0.1, 0.15) is 11.3 Å². The number of carbonyl (C=O) groups excluding carboxylic acids is 3. The molecule has 160 valence electrons. The molecule has 0 radical (unpaired) electrons. The number of rotatable bonds is 4. The molecular weight excluding hydrogens is 398 g/mol. The standard InChI is InChI=1S/C23H23N3O5/c1-12(27)19-17-18(23(25-19)14-8-4-5-9-15(14)24-22(23)30)21(29)26(20(17)28)11-13-7-3-6-10-16(13)31-2/h3-10,12,17-19,25,27H,11H2,1-2H3,(H,24,30)/t12-,17-,18-,19-,23-/m0/s1. The minimum Gasteiger partial charge on any atom is -0.496 e. The Kier molecular flexibility index (Phi) is 4.39. The Morgan fingerprint density at radius 3 is 2.55 bits per heavy atom. The number of carbonyl (C=O) groups is 3. The fraction of sp³-hybridized carbons (Fsp3) is 0.348. The molecule has 0 saturated carbocycles. The van der Waals surface area contributed by atoms with Crippen molar-refractivity contribution in [3.8, 4) is 5.75 Å². The molecule has 3 aliphatic rings. The average molecular weight is 421 g/mol. The quantitative estimate of drug-likeness (QED) is 0.636. The van der Waals surface area contributed by atoms with Gasteiger partial charge in [-0.1, -0.05) is 36.4 Å². The number of benzene rings is 2. The first kappa shape index (κ1) is 19.7. The summed E-state index contributed by atoms with van der Waals surface area (Å²) in [6, 6.07) is 13.6. The number of para-hydroxylation sites is 2. The van der Waals surface area contributed by atoms with E-state index in [0.29, 0.717) is 22.6 Å². The van der Waals surface area contributed by atoms with Gasteiger partial charge in [-0.3, -0.25) is 24.6 Å². The molecule has 2 saturated heterocycles. The SMILES string of the molecule is COc1ccccc1CN1C(=O)[C@@H]2[C@H]([C@H](C)O)N[C@]3(C(=O)Nc4ccccc43)[C@@H]2C1=O. The van der Waals surface area contributed by atoms with Crippen LogP contribution >= 0.6 is 0 Å². The van der Waals surface area contributed by atoms with Gasteiger partial charge in [0.2, 0.25) is 17.7 Å². The fourth-order valence-corrected chi connectivity index (χ4v) is 5.32. The van der Waals surface area contributed by atoms with Crippen molar-refractivity contribution in [3.05, 3.63) is 59.7 Å². The lowest BCUT2D eigenvalue weighted by Crippen LogP contribution is -2.54. The smallest absolute Gasteiger partial charge is 0.250 e. The largest absolute Gasteiger partial charge is 0.496 e. The summed E-state index contributed by atoms with van der Waals surface area (Å²) < 4.78 is 5.37. The van der Waals surface area contributed by atoms with E-state index in [0.717, 1.165) is 0 Å². The first-order chi connectivity index (χ1) is 14.9. The van der Waals surface area contributed by atoms with Crippen LogP contribution in [0, 0.1) is 11.8 Å². The molecule has 8 nitrogen and oxygen atoms in total. The number of amides is 3. The lowest BCUT2D eigenvalue weighted by atomic mass is 9.76. The van der Waals surface area contributed by atoms with Crippen LogP contribution in [0.15, 0.2) is 48.5 Å². The molecule has 3 N–H and O–H groups in total. The summed E-state index contributed by atoms with van der Waals surface area (Å²) in [5.74, 6) is -2.43. The van der Waals surface area contributed by atoms with E-state index in [1.165, 1.54) is 12.0 Å². The first-order valence-electron chi connectivity index (χ1n) is 10.2. The van der Waals surface area contributed by atoms with Crippen molar-refractivity contribution in [1.29, 1.82) is 0 Å². The second-order valence-electron chi connectivity index (χ2n) is 8.30. The number of aliphatic hydroxyl groups excluding tert-OH is 1. The maximum atomic E-state index is 13.6. The summed E-state index contributed by atoms with van der Waals surface area (Å²) >= 11 is 0. The zero-order valence-electron chi connectivity index (χ0n) is 17.2. The molecule has 0 unspecified atom stereocenters. The lowest BCUT2D eigenvalue weighted by molar-refractivity contribution is -0.143. The van der Waals surface area contributed by atoms with E-state index in [1.54, 1.807) is 43.3 Å². The Hall–Kier alpha value is -3.23. The molecule has 3 amide bonds. The van der Waals surface area contributed by atoms with Crippen molar-refractivity contribution in [3.63, 3.8) is 0 Å². The zero-order chi connectivity index (χ0) is 21.9. The van der Waals surface area contributed by atoms with Gasteiger partial charge in [-0.05, 0) is 19.1 Å². The highest BCUT2D eigenvalue weighted by Crippen LogP contribution is 2.53. The third-order valence-electron chi connectivity index (χ3n) is 6.69.